The van der Waals surface area contributed by atoms with Gasteiger partial charge < -0.3 is 4.90 Å². The molecule has 0 amide bonds. The molecule has 0 spiro atoms. The van der Waals surface area contributed by atoms with E-state index in [1.165, 1.54) is 15.7 Å². The summed E-state index contributed by atoms with van der Waals surface area (Å²) in [6.45, 7) is 7.82. The molecule has 122 valence electrons. The molecule has 0 saturated carbocycles. The average molecular weight is 347 g/mol. The molecule has 2 nitrogen and oxygen atoms in total. The second-order valence-corrected chi connectivity index (χ2v) is 6.46. The Morgan fingerprint density at radius 2 is 1.39 bits per heavy atom. The molecule has 1 aromatic heterocycles. The zero-order valence-electron chi connectivity index (χ0n) is 13.7. The van der Waals surface area contributed by atoms with Crippen molar-refractivity contribution in [2.24, 2.45) is 0 Å². The lowest BCUT2D eigenvalue weighted by molar-refractivity contribution is 0.324. The summed E-state index contributed by atoms with van der Waals surface area (Å²) in [5.74, 6) is 1.11. The largest absolute Gasteiger partial charge is 0.303 e. The lowest BCUT2D eigenvalue weighted by Gasteiger charge is -2.18. The molecule has 1 heterocycles. The van der Waals surface area contributed by atoms with Gasteiger partial charge in [-0.05, 0) is 25.2 Å². The number of pyridine rings is 1. The van der Waals surface area contributed by atoms with Crippen LogP contribution < -0.4 is 0 Å². The average Bonchev–Trinajstić information content (AvgIpc) is 2.58. The highest BCUT2D eigenvalue weighted by Crippen LogP contribution is 2.33. The van der Waals surface area contributed by atoms with Crippen LogP contribution in [0.15, 0.2) is 53.4 Å². The van der Waals surface area contributed by atoms with Crippen molar-refractivity contribution in [1.29, 1.82) is 0 Å². The van der Waals surface area contributed by atoms with Crippen molar-refractivity contribution >= 4 is 46.0 Å². The Morgan fingerprint density at radius 1 is 0.870 bits per heavy atom. The molecule has 0 aliphatic rings. The van der Waals surface area contributed by atoms with Gasteiger partial charge in [0.15, 0.2) is 0 Å². The SMILES string of the molecule is CCN(CC)CCSc1c2ccccc2nc2ccccc12.Cl. The first kappa shape index (κ1) is 18.1. The maximum atomic E-state index is 4.79. The van der Waals surface area contributed by atoms with Crippen LogP contribution in [0.2, 0.25) is 0 Å². The van der Waals surface area contributed by atoms with E-state index in [1.807, 2.05) is 11.8 Å². The number of para-hydroxylation sites is 2. The van der Waals surface area contributed by atoms with Crippen LogP contribution in [0.1, 0.15) is 13.8 Å². The summed E-state index contributed by atoms with van der Waals surface area (Å²) in [5, 5.41) is 2.54. The zero-order valence-corrected chi connectivity index (χ0v) is 15.3. The number of thioether (sulfide) groups is 1. The lowest BCUT2D eigenvalue weighted by Crippen LogP contribution is -2.25. The molecule has 0 atom stereocenters. The van der Waals surface area contributed by atoms with Gasteiger partial charge in [0.2, 0.25) is 0 Å². The minimum atomic E-state index is 0. The summed E-state index contributed by atoms with van der Waals surface area (Å²) in [7, 11) is 0. The topological polar surface area (TPSA) is 16.1 Å². The first-order valence-electron chi connectivity index (χ1n) is 7.96. The third-order valence-corrected chi connectivity index (χ3v) is 5.20. The Bertz CT molecular complexity index is 718. The summed E-state index contributed by atoms with van der Waals surface area (Å²) >= 11 is 1.96. The smallest absolute Gasteiger partial charge is 0.0721 e. The van der Waals surface area contributed by atoms with E-state index in [9.17, 15) is 0 Å². The zero-order chi connectivity index (χ0) is 15.4. The van der Waals surface area contributed by atoms with E-state index in [4.69, 9.17) is 4.98 Å². The molecule has 0 N–H and O–H groups in total. The van der Waals surface area contributed by atoms with Gasteiger partial charge >= 0.3 is 0 Å². The highest BCUT2D eigenvalue weighted by molar-refractivity contribution is 7.99. The number of hydrogen-bond donors (Lipinski definition) is 0. The van der Waals surface area contributed by atoms with Crippen molar-refractivity contribution in [3.63, 3.8) is 0 Å². The molecule has 0 aliphatic heterocycles. The number of nitrogens with zero attached hydrogens (tertiary/aromatic N) is 2. The second kappa shape index (κ2) is 8.53. The number of rotatable bonds is 6. The molecule has 0 saturated heterocycles. The van der Waals surface area contributed by atoms with Gasteiger partial charge in [0, 0.05) is 28.0 Å². The third kappa shape index (κ3) is 3.97. The molecule has 23 heavy (non-hydrogen) atoms. The van der Waals surface area contributed by atoms with Gasteiger partial charge in [0.05, 0.1) is 11.0 Å². The Hall–Kier alpha value is -1.29. The van der Waals surface area contributed by atoms with Gasteiger partial charge in [0.25, 0.3) is 0 Å². The summed E-state index contributed by atoms with van der Waals surface area (Å²) in [4.78, 5) is 8.63. The van der Waals surface area contributed by atoms with Crippen molar-refractivity contribution in [1.82, 2.24) is 9.88 Å². The van der Waals surface area contributed by atoms with Crippen molar-refractivity contribution in [2.45, 2.75) is 18.7 Å². The molecule has 0 fully saturated rings. The van der Waals surface area contributed by atoms with E-state index in [0.29, 0.717) is 0 Å². The van der Waals surface area contributed by atoms with Crippen LogP contribution in [-0.2, 0) is 0 Å². The fourth-order valence-electron chi connectivity index (χ4n) is 2.77. The Kier molecular flexibility index (Phi) is 6.70. The number of hydrogen-bond acceptors (Lipinski definition) is 3. The minimum Gasteiger partial charge on any atom is -0.303 e. The Labute approximate surface area is 148 Å². The van der Waals surface area contributed by atoms with E-state index in [2.05, 4.69) is 67.3 Å². The van der Waals surface area contributed by atoms with Crippen molar-refractivity contribution in [2.75, 3.05) is 25.4 Å². The van der Waals surface area contributed by atoms with E-state index in [1.54, 1.807) is 0 Å². The van der Waals surface area contributed by atoms with Gasteiger partial charge in [-0.3, -0.25) is 0 Å². The van der Waals surface area contributed by atoms with E-state index < -0.39 is 0 Å². The summed E-state index contributed by atoms with van der Waals surface area (Å²) in [5.41, 5.74) is 2.18. The van der Waals surface area contributed by atoms with Crippen LogP contribution in [0.3, 0.4) is 0 Å². The fraction of sp³-hybridized carbons (Fsp3) is 0.316. The summed E-state index contributed by atoms with van der Waals surface area (Å²) in [6.07, 6.45) is 0. The van der Waals surface area contributed by atoms with Gasteiger partial charge in [-0.15, -0.1) is 24.2 Å². The maximum Gasteiger partial charge on any atom is 0.0721 e. The van der Waals surface area contributed by atoms with Crippen LogP contribution in [0.4, 0.5) is 0 Å². The quantitative estimate of drug-likeness (QED) is 0.448. The van der Waals surface area contributed by atoms with E-state index in [-0.39, 0.29) is 12.4 Å². The van der Waals surface area contributed by atoms with Gasteiger partial charge in [-0.25, -0.2) is 4.98 Å². The molecular weight excluding hydrogens is 324 g/mol. The highest BCUT2D eigenvalue weighted by Gasteiger charge is 2.09. The molecule has 0 aliphatic carbocycles. The molecule has 0 radical (unpaired) electrons. The molecular formula is C19H23ClN2S. The predicted octanol–water partition coefficient (Wildman–Crippen LogP) is 5.24. The van der Waals surface area contributed by atoms with Crippen molar-refractivity contribution in [3.8, 4) is 0 Å². The lowest BCUT2D eigenvalue weighted by atomic mass is 10.1. The Morgan fingerprint density at radius 3 is 1.91 bits per heavy atom. The van der Waals surface area contributed by atoms with Gasteiger partial charge in [-0.2, -0.15) is 0 Å². The first-order valence-corrected chi connectivity index (χ1v) is 8.94. The van der Waals surface area contributed by atoms with Gasteiger partial charge in [-0.1, -0.05) is 50.2 Å². The number of aromatic nitrogens is 1. The van der Waals surface area contributed by atoms with E-state index in [0.717, 1.165) is 36.4 Å². The van der Waals surface area contributed by atoms with E-state index >= 15 is 0 Å². The van der Waals surface area contributed by atoms with Crippen LogP contribution in [0, 0.1) is 0 Å². The molecule has 2 aromatic carbocycles. The normalized spacial score (nSPS) is 11.1. The fourth-order valence-corrected chi connectivity index (χ4v) is 3.98. The Balaban J connectivity index is 0.00000192. The standard InChI is InChI=1S/C19H22N2S.ClH/c1-3-21(4-2)13-14-22-19-15-9-5-7-11-17(15)20-18-12-8-6-10-16(18)19;/h5-12H,3-4,13-14H2,1-2H3;1H. The minimum absolute atomic E-state index is 0. The number of fused-ring (bicyclic) bond motifs is 2. The molecule has 3 rings (SSSR count). The van der Waals surface area contributed by atoms with Gasteiger partial charge in [0.1, 0.15) is 0 Å². The summed E-state index contributed by atoms with van der Waals surface area (Å²) in [6, 6.07) is 16.9. The molecule has 0 unspecified atom stereocenters. The monoisotopic (exact) mass is 346 g/mol. The number of halogens is 1. The number of benzene rings is 2. The third-order valence-electron chi connectivity index (χ3n) is 4.09. The molecule has 4 heteroatoms. The highest BCUT2D eigenvalue weighted by atomic mass is 35.5. The van der Waals surface area contributed by atoms with Crippen molar-refractivity contribution in [3.05, 3.63) is 48.5 Å². The van der Waals surface area contributed by atoms with Crippen molar-refractivity contribution < 1.29 is 0 Å². The predicted molar refractivity (Wildman–Crippen MR) is 105 cm³/mol. The first-order chi connectivity index (χ1) is 10.8. The molecule has 3 aromatic rings. The van der Waals surface area contributed by atoms with Crippen LogP contribution in [0.5, 0.6) is 0 Å². The maximum absolute atomic E-state index is 4.79. The summed E-state index contributed by atoms with van der Waals surface area (Å²) < 4.78 is 0. The van der Waals surface area contributed by atoms with Crippen LogP contribution >= 0.6 is 24.2 Å². The second-order valence-electron chi connectivity index (χ2n) is 5.35. The van der Waals surface area contributed by atoms with Crippen LogP contribution in [0.25, 0.3) is 21.8 Å². The van der Waals surface area contributed by atoms with Crippen LogP contribution in [-0.4, -0.2) is 35.3 Å². The molecule has 0 bridgehead atoms.